The lowest BCUT2D eigenvalue weighted by molar-refractivity contribution is 0.289. The van der Waals surface area contributed by atoms with Crippen LogP contribution >= 0.6 is 0 Å². The van der Waals surface area contributed by atoms with Crippen LogP contribution < -0.4 is 4.74 Å². The predicted octanol–water partition coefficient (Wildman–Crippen LogP) is 2.79. The Morgan fingerprint density at radius 3 is 2.48 bits per heavy atom. The summed E-state index contributed by atoms with van der Waals surface area (Å²) in [6, 6.07) is 9.44. The number of hydrogen-bond acceptors (Lipinski definition) is 5. The molecule has 2 saturated heterocycles. The van der Waals surface area contributed by atoms with E-state index in [0.29, 0.717) is 37.8 Å². The summed E-state index contributed by atoms with van der Waals surface area (Å²) < 4.78 is 34.7. The summed E-state index contributed by atoms with van der Waals surface area (Å²) in [5.74, 6) is 1.16. The number of nitrogens with zero attached hydrogens (tertiary/aromatic N) is 4. The molecule has 0 bridgehead atoms. The Morgan fingerprint density at radius 2 is 1.70 bits per heavy atom. The molecule has 0 N–H and O–H groups in total. The lowest BCUT2D eigenvalue weighted by atomic mass is 9.96. The van der Waals surface area contributed by atoms with Gasteiger partial charge in [0.2, 0.25) is 5.88 Å². The van der Waals surface area contributed by atoms with E-state index in [9.17, 15) is 8.42 Å². The number of hydrogen-bond donors (Lipinski definition) is 0. The van der Waals surface area contributed by atoms with E-state index in [1.807, 2.05) is 30.3 Å². The lowest BCUT2D eigenvalue weighted by Gasteiger charge is -2.34. The molecule has 2 aliphatic rings. The van der Waals surface area contributed by atoms with Crippen molar-refractivity contribution in [2.24, 2.45) is 0 Å². The highest BCUT2D eigenvalue weighted by Gasteiger charge is 2.35. The Bertz CT molecular complexity index is 870. The quantitative estimate of drug-likeness (QED) is 0.787. The third kappa shape index (κ3) is 4.12. The molecule has 0 saturated carbocycles. The van der Waals surface area contributed by atoms with Crippen molar-refractivity contribution in [2.45, 2.75) is 31.6 Å². The molecule has 1 atom stereocenters. The second-order valence-electron chi connectivity index (χ2n) is 7.01. The minimum atomic E-state index is -3.37. The first-order chi connectivity index (χ1) is 13.1. The van der Waals surface area contributed by atoms with Gasteiger partial charge in [-0.1, -0.05) is 18.2 Å². The molecule has 3 heterocycles. The Morgan fingerprint density at radius 1 is 0.963 bits per heavy atom. The lowest BCUT2D eigenvalue weighted by Crippen LogP contribution is -2.46. The molecule has 2 aliphatic heterocycles. The van der Waals surface area contributed by atoms with Crippen molar-refractivity contribution < 1.29 is 13.2 Å². The third-order valence-electron chi connectivity index (χ3n) is 5.12. The van der Waals surface area contributed by atoms with E-state index in [1.165, 1.54) is 0 Å². The molecule has 1 aromatic heterocycles. The van der Waals surface area contributed by atoms with Crippen LogP contribution in [0.2, 0.25) is 0 Å². The zero-order valence-corrected chi connectivity index (χ0v) is 16.0. The van der Waals surface area contributed by atoms with Crippen LogP contribution in [0.25, 0.3) is 0 Å². The van der Waals surface area contributed by atoms with Crippen LogP contribution in [0, 0.1) is 0 Å². The van der Waals surface area contributed by atoms with Gasteiger partial charge < -0.3 is 4.74 Å². The zero-order chi connectivity index (χ0) is 18.7. The highest BCUT2D eigenvalue weighted by Crippen LogP contribution is 2.30. The number of para-hydroxylation sites is 1. The maximum absolute atomic E-state index is 12.9. The largest absolute Gasteiger partial charge is 0.437 e. The monoisotopic (exact) mass is 388 g/mol. The second-order valence-corrected chi connectivity index (χ2v) is 8.94. The van der Waals surface area contributed by atoms with E-state index in [1.54, 1.807) is 21.0 Å². The fourth-order valence-corrected chi connectivity index (χ4v) is 5.47. The molecule has 1 unspecified atom stereocenters. The summed E-state index contributed by atoms with van der Waals surface area (Å²) in [4.78, 5) is 8.84. The summed E-state index contributed by atoms with van der Waals surface area (Å²) >= 11 is 0. The highest BCUT2D eigenvalue weighted by atomic mass is 32.2. The van der Waals surface area contributed by atoms with Crippen LogP contribution in [-0.2, 0) is 10.2 Å². The molecule has 0 amide bonds. The van der Waals surface area contributed by atoms with E-state index < -0.39 is 10.2 Å². The maximum atomic E-state index is 12.9. The maximum Gasteiger partial charge on any atom is 0.281 e. The highest BCUT2D eigenvalue weighted by molar-refractivity contribution is 7.86. The van der Waals surface area contributed by atoms with Gasteiger partial charge in [-0.15, -0.1) is 0 Å². The smallest absolute Gasteiger partial charge is 0.281 e. The molecule has 2 aromatic rings. The zero-order valence-electron chi connectivity index (χ0n) is 15.2. The number of rotatable bonds is 5. The van der Waals surface area contributed by atoms with Gasteiger partial charge >= 0.3 is 0 Å². The summed E-state index contributed by atoms with van der Waals surface area (Å²) in [5, 5.41) is 0. The van der Waals surface area contributed by atoms with Gasteiger partial charge in [0.25, 0.3) is 10.2 Å². The molecule has 0 spiro atoms. The SMILES string of the molecule is O=S(=O)(N1CCCC1)N1CCCC(c2cncc(Oc3ccccc3)n2)C1. The Balaban J connectivity index is 1.49. The van der Waals surface area contributed by atoms with Crippen LogP contribution in [0.15, 0.2) is 42.7 Å². The second kappa shape index (κ2) is 7.92. The number of benzene rings is 1. The van der Waals surface area contributed by atoms with Crippen molar-refractivity contribution >= 4 is 10.2 Å². The van der Waals surface area contributed by atoms with Crippen molar-refractivity contribution in [1.29, 1.82) is 0 Å². The van der Waals surface area contributed by atoms with Gasteiger partial charge in [-0.25, -0.2) is 4.98 Å². The average molecular weight is 388 g/mol. The molecule has 144 valence electrons. The minimum absolute atomic E-state index is 0.0305. The first-order valence-corrected chi connectivity index (χ1v) is 10.8. The van der Waals surface area contributed by atoms with Gasteiger partial charge in [-0.2, -0.15) is 17.0 Å². The van der Waals surface area contributed by atoms with E-state index >= 15 is 0 Å². The number of ether oxygens (including phenoxy) is 1. The molecule has 4 rings (SSSR count). The van der Waals surface area contributed by atoms with Gasteiger partial charge in [0.15, 0.2) is 0 Å². The van der Waals surface area contributed by atoms with Crippen molar-refractivity contribution in [3.8, 4) is 11.6 Å². The van der Waals surface area contributed by atoms with Crippen LogP contribution in [0.3, 0.4) is 0 Å². The fraction of sp³-hybridized carbons (Fsp3) is 0.474. The summed E-state index contributed by atoms with van der Waals surface area (Å²) in [6.07, 6.45) is 6.91. The molecule has 8 heteroatoms. The topological polar surface area (TPSA) is 75.6 Å². The molecule has 0 aliphatic carbocycles. The molecule has 0 radical (unpaired) electrons. The summed E-state index contributed by atoms with van der Waals surface area (Å²) in [6.45, 7) is 2.28. The standard InChI is InChI=1S/C19H24N4O3S/c24-27(25,22-10-4-5-11-22)23-12-6-7-16(15-23)18-13-20-14-19(21-18)26-17-8-2-1-3-9-17/h1-3,8-9,13-14,16H,4-7,10-12,15H2. The first kappa shape index (κ1) is 18.3. The minimum Gasteiger partial charge on any atom is -0.437 e. The average Bonchev–Trinajstić information content (AvgIpc) is 3.25. The normalized spacial score (nSPS) is 22.0. The van der Waals surface area contributed by atoms with Gasteiger partial charge in [0.1, 0.15) is 5.75 Å². The molecule has 27 heavy (non-hydrogen) atoms. The molecular formula is C19H24N4O3S. The van der Waals surface area contributed by atoms with E-state index in [0.717, 1.165) is 31.4 Å². The van der Waals surface area contributed by atoms with Crippen molar-refractivity contribution in [2.75, 3.05) is 26.2 Å². The van der Waals surface area contributed by atoms with E-state index in [4.69, 9.17) is 4.74 Å². The van der Waals surface area contributed by atoms with Crippen molar-refractivity contribution in [1.82, 2.24) is 18.6 Å². The van der Waals surface area contributed by atoms with Crippen LogP contribution in [0.4, 0.5) is 0 Å². The Kier molecular flexibility index (Phi) is 5.38. The van der Waals surface area contributed by atoms with Gasteiger partial charge in [0, 0.05) is 38.3 Å². The summed E-state index contributed by atoms with van der Waals surface area (Å²) in [7, 11) is -3.37. The van der Waals surface area contributed by atoms with Crippen LogP contribution in [0.5, 0.6) is 11.6 Å². The Labute approximate surface area is 160 Å². The molecule has 7 nitrogen and oxygen atoms in total. The van der Waals surface area contributed by atoms with Gasteiger partial charge in [-0.05, 0) is 37.8 Å². The van der Waals surface area contributed by atoms with E-state index in [2.05, 4.69) is 9.97 Å². The third-order valence-corrected chi connectivity index (χ3v) is 7.12. The molecular weight excluding hydrogens is 364 g/mol. The van der Waals surface area contributed by atoms with Crippen LogP contribution in [0.1, 0.15) is 37.3 Å². The van der Waals surface area contributed by atoms with Gasteiger partial charge in [0.05, 0.1) is 11.9 Å². The van der Waals surface area contributed by atoms with Crippen LogP contribution in [-0.4, -0.2) is 53.2 Å². The summed E-state index contributed by atoms with van der Waals surface area (Å²) in [5.41, 5.74) is 0.782. The fourth-order valence-electron chi connectivity index (χ4n) is 3.69. The first-order valence-electron chi connectivity index (χ1n) is 9.43. The number of aromatic nitrogens is 2. The predicted molar refractivity (Wildman–Crippen MR) is 102 cm³/mol. The number of piperidine rings is 1. The van der Waals surface area contributed by atoms with Crippen molar-refractivity contribution in [3.63, 3.8) is 0 Å². The van der Waals surface area contributed by atoms with E-state index in [-0.39, 0.29) is 5.92 Å². The van der Waals surface area contributed by atoms with Crippen molar-refractivity contribution in [3.05, 3.63) is 48.4 Å². The molecule has 1 aromatic carbocycles. The molecule has 2 fully saturated rings. The van der Waals surface area contributed by atoms with Gasteiger partial charge in [-0.3, -0.25) is 4.98 Å². The Hall–Kier alpha value is -2.03.